The number of nitro benzene ring substituents is 1. The van der Waals surface area contributed by atoms with Crippen molar-refractivity contribution in [3.8, 4) is 5.75 Å². The molecule has 0 bridgehead atoms. The van der Waals surface area contributed by atoms with E-state index in [-0.39, 0.29) is 51.6 Å². The van der Waals surface area contributed by atoms with Gasteiger partial charge in [-0.05, 0) is 32.9 Å². The number of amides is 1. The second-order valence-electron chi connectivity index (χ2n) is 5.10. The molecule has 0 atom stereocenters. The van der Waals surface area contributed by atoms with E-state index in [0.717, 1.165) is 25.9 Å². The number of carbonyl (C=O) groups excluding carboxylic acids is 1. The van der Waals surface area contributed by atoms with E-state index in [9.17, 15) is 14.9 Å². The van der Waals surface area contributed by atoms with E-state index in [1.807, 2.05) is 0 Å². The summed E-state index contributed by atoms with van der Waals surface area (Å²) in [7, 11) is 0. The van der Waals surface area contributed by atoms with Crippen molar-refractivity contribution in [2.24, 2.45) is 0 Å². The molecule has 1 aromatic rings. The first kappa shape index (κ1) is 19.2. The summed E-state index contributed by atoms with van der Waals surface area (Å²) < 4.78 is 5.39. The second kappa shape index (κ2) is 8.68. The Morgan fingerprint density at radius 3 is 2.70 bits per heavy atom. The van der Waals surface area contributed by atoms with E-state index in [1.54, 1.807) is 6.92 Å². The summed E-state index contributed by atoms with van der Waals surface area (Å²) >= 11 is 0. The number of halogens is 1. The van der Waals surface area contributed by atoms with Crippen molar-refractivity contribution in [3.63, 3.8) is 0 Å². The van der Waals surface area contributed by atoms with Gasteiger partial charge >= 0.3 is 0 Å². The Morgan fingerprint density at radius 1 is 1.48 bits per heavy atom. The van der Waals surface area contributed by atoms with Crippen molar-refractivity contribution in [2.75, 3.05) is 25.4 Å². The first-order valence-electron chi connectivity index (χ1n) is 7.25. The molecular weight excluding hydrogens is 368 g/mol. The van der Waals surface area contributed by atoms with Gasteiger partial charge < -0.3 is 21.1 Å². The number of carbonyl (C=O) groups is 1. The van der Waals surface area contributed by atoms with E-state index in [0.29, 0.717) is 6.61 Å². The highest BCUT2D eigenvalue weighted by Crippen LogP contribution is 2.31. The Bertz CT molecular complexity index is 576. The summed E-state index contributed by atoms with van der Waals surface area (Å²) in [4.78, 5) is 22.8. The van der Waals surface area contributed by atoms with E-state index >= 15 is 0 Å². The van der Waals surface area contributed by atoms with Crippen LogP contribution in [-0.4, -0.2) is 36.6 Å². The topological polar surface area (TPSA) is 120 Å². The molecule has 0 spiro atoms. The highest BCUT2D eigenvalue weighted by Gasteiger charge is 2.23. The van der Waals surface area contributed by atoms with Crippen LogP contribution in [0.15, 0.2) is 12.1 Å². The number of nitro groups is 1. The molecule has 0 saturated carbocycles. The van der Waals surface area contributed by atoms with Gasteiger partial charge in [0, 0.05) is 18.2 Å². The van der Waals surface area contributed by atoms with Crippen LogP contribution in [0.5, 0.6) is 5.75 Å². The maximum absolute atomic E-state index is 12.4. The predicted octanol–water partition coefficient (Wildman–Crippen LogP) is 1.64. The largest absolute Gasteiger partial charge is 0.493 e. The lowest BCUT2D eigenvalue weighted by Crippen LogP contribution is -2.42. The van der Waals surface area contributed by atoms with Crippen molar-refractivity contribution in [1.29, 1.82) is 0 Å². The fourth-order valence-electron chi connectivity index (χ4n) is 2.42. The van der Waals surface area contributed by atoms with Gasteiger partial charge in [0.05, 0.1) is 17.1 Å². The van der Waals surface area contributed by atoms with Gasteiger partial charge in [0.25, 0.3) is 11.6 Å². The third-order valence-corrected chi connectivity index (χ3v) is 3.54. The van der Waals surface area contributed by atoms with E-state index in [2.05, 4.69) is 10.6 Å². The molecule has 0 aliphatic carbocycles. The molecule has 0 aromatic heterocycles. The molecule has 1 aliphatic heterocycles. The third kappa shape index (κ3) is 4.80. The zero-order valence-corrected chi connectivity index (χ0v) is 14.5. The van der Waals surface area contributed by atoms with E-state index < -0.39 is 4.92 Å². The van der Waals surface area contributed by atoms with E-state index in [4.69, 9.17) is 10.5 Å². The van der Waals surface area contributed by atoms with Crippen LogP contribution in [0.1, 0.15) is 30.1 Å². The summed E-state index contributed by atoms with van der Waals surface area (Å²) in [6.07, 6.45) is 1.65. The Hall–Kier alpha value is -1.87. The molecule has 1 aliphatic rings. The molecule has 1 fully saturated rings. The third-order valence-electron chi connectivity index (χ3n) is 3.54. The number of anilines is 1. The van der Waals surface area contributed by atoms with Crippen molar-refractivity contribution in [1.82, 2.24) is 10.6 Å². The number of hydrogen-bond acceptors (Lipinski definition) is 6. The van der Waals surface area contributed by atoms with Crippen LogP contribution in [0.4, 0.5) is 11.4 Å². The first-order chi connectivity index (χ1) is 10.5. The average molecular weight is 389 g/mol. The number of piperidine rings is 1. The van der Waals surface area contributed by atoms with Crippen molar-refractivity contribution in [3.05, 3.63) is 27.8 Å². The van der Waals surface area contributed by atoms with Gasteiger partial charge in [-0.25, -0.2) is 0 Å². The van der Waals surface area contributed by atoms with Gasteiger partial charge in [0.15, 0.2) is 0 Å². The van der Waals surface area contributed by atoms with Gasteiger partial charge in [-0.15, -0.1) is 17.0 Å². The van der Waals surface area contributed by atoms with Crippen LogP contribution in [0.3, 0.4) is 0 Å². The fraction of sp³-hybridized carbons (Fsp3) is 0.500. The minimum atomic E-state index is -0.605. The van der Waals surface area contributed by atoms with Gasteiger partial charge in [0.1, 0.15) is 11.4 Å². The van der Waals surface area contributed by atoms with Crippen LogP contribution in [0.25, 0.3) is 0 Å². The normalized spacial score (nSPS) is 14.7. The number of nitrogens with zero attached hydrogens (tertiary/aromatic N) is 1. The van der Waals surface area contributed by atoms with Gasteiger partial charge in [0.2, 0.25) is 0 Å². The highest BCUT2D eigenvalue weighted by atomic mass is 79.9. The smallest absolute Gasteiger partial charge is 0.293 e. The maximum Gasteiger partial charge on any atom is 0.293 e. The monoisotopic (exact) mass is 388 g/mol. The molecule has 1 heterocycles. The minimum Gasteiger partial charge on any atom is -0.493 e. The molecule has 2 rings (SSSR count). The standard InChI is InChI=1S/C14H20N4O4.BrH/c1-2-22-13-8-11(15)12(18(20)21)7-10(13)14(19)17-9-3-5-16-6-4-9;/h7-9,16H,2-6,15H2,1H3,(H,17,19);1H. The zero-order chi connectivity index (χ0) is 16.1. The molecule has 128 valence electrons. The number of nitrogens with two attached hydrogens (primary N) is 1. The lowest BCUT2D eigenvalue weighted by atomic mass is 10.1. The van der Waals surface area contributed by atoms with Crippen LogP contribution >= 0.6 is 17.0 Å². The molecule has 0 unspecified atom stereocenters. The Balaban J connectivity index is 0.00000264. The molecular formula is C14H21BrN4O4. The summed E-state index contributed by atoms with van der Waals surface area (Å²) in [5.74, 6) is -0.115. The summed E-state index contributed by atoms with van der Waals surface area (Å²) in [5.41, 5.74) is 5.47. The number of nitrogens with one attached hydrogen (secondary N) is 2. The molecule has 23 heavy (non-hydrogen) atoms. The summed E-state index contributed by atoms with van der Waals surface area (Å²) in [5, 5.41) is 17.1. The van der Waals surface area contributed by atoms with Gasteiger partial charge in [-0.3, -0.25) is 14.9 Å². The van der Waals surface area contributed by atoms with Crippen LogP contribution in [-0.2, 0) is 0 Å². The molecule has 9 heteroatoms. The Morgan fingerprint density at radius 2 is 2.13 bits per heavy atom. The molecule has 4 N–H and O–H groups in total. The lowest BCUT2D eigenvalue weighted by molar-refractivity contribution is -0.383. The molecule has 0 radical (unpaired) electrons. The van der Waals surface area contributed by atoms with Crippen LogP contribution in [0, 0.1) is 10.1 Å². The first-order valence-corrected chi connectivity index (χ1v) is 7.25. The SMILES string of the molecule is Br.CCOc1cc(N)c([N+](=O)[O-])cc1C(=O)NC1CCNCC1. The quantitative estimate of drug-likeness (QED) is 0.400. The summed E-state index contributed by atoms with van der Waals surface area (Å²) in [6, 6.07) is 2.57. The second-order valence-corrected chi connectivity index (χ2v) is 5.10. The van der Waals surface area contributed by atoms with Crippen molar-refractivity contribution in [2.45, 2.75) is 25.8 Å². The molecule has 1 amide bonds. The zero-order valence-electron chi connectivity index (χ0n) is 12.8. The van der Waals surface area contributed by atoms with Crippen LogP contribution < -0.4 is 21.1 Å². The molecule has 1 aromatic carbocycles. The lowest BCUT2D eigenvalue weighted by Gasteiger charge is -2.24. The summed E-state index contributed by atoms with van der Waals surface area (Å²) in [6.45, 7) is 3.78. The van der Waals surface area contributed by atoms with Gasteiger partial charge in [-0.2, -0.15) is 0 Å². The Kier molecular flexibility index (Phi) is 7.24. The molecule has 1 saturated heterocycles. The van der Waals surface area contributed by atoms with Gasteiger partial charge in [-0.1, -0.05) is 0 Å². The van der Waals surface area contributed by atoms with Crippen LogP contribution in [0.2, 0.25) is 0 Å². The fourth-order valence-corrected chi connectivity index (χ4v) is 2.42. The maximum atomic E-state index is 12.4. The van der Waals surface area contributed by atoms with Crippen molar-refractivity contribution >= 4 is 34.3 Å². The Labute approximate surface area is 144 Å². The van der Waals surface area contributed by atoms with Crippen molar-refractivity contribution < 1.29 is 14.5 Å². The number of hydrogen-bond donors (Lipinski definition) is 3. The number of benzene rings is 1. The minimum absolute atomic E-state index is 0. The highest BCUT2D eigenvalue weighted by molar-refractivity contribution is 8.93. The average Bonchev–Trinajstić information content (AvgIpc) is 2.48. The number of nitrogen functional groups attached to an aromatic ring is 1. The molecule has 8 nitrogen and oxygen atoms in total. The predicted molar refractivity (Wildman–Crippen MR) is 92.4 cm³/mol. The van der Waals surface area contributed by atoms with E-state index in [1.165, 1.54) is 12.1 Å². The number of rotatable bonds is 5. The number of ether oxygens (including phenoxy) is 1.